The van der Waals surface area contributed by atoms with Crippen molar-refractivity contribution in [1.82, 2.24) is 19.8 Å². The van der Waals surface area contributed by atoms with Gasteiger partial charge in [-0.1, -0.05) is 36.4 Å². The second kappa shape index (κ2) is 11.1. The van der Waals surface area contributed by atoms with Gasteiger partial charge in [0.2, 0.25) is 5.91 Å². The molecule has 4 aromatic rings. The third-order valence-corrected chi connectivity index (χ3v) is 7.37. The minimum Gasteiger partial charge on any atom is -0.352 e. The average Bonchev–Trinajstić information content (AvgIpc) is 3.40. The van der Waals surface area contributed by atoms with E-state index in [4.69, 9.17) is 12.2 Å². The van der Waals surface area contributed by atoms with Crippen molar-refractivity contribution >= 4 is 28.9 Å². The molecule has 5 rings (SSSR count). The fourth-order valence-electron chi connectivity index (χ4n) is 5.10. The van der Waals surface area contributed by atoms with E-state index >= 15 is 0 Å². The van der Waals surface area contributed by atoms with Crippen LogP contribution in [0.2, 0.25) is 0 Å². The van der Waals surface area contributed by atoms with Gasteiger partial charge in [-0.15, -0.1) is 0 Å². The number of aromatic nitrogens is 2. The van der Waals surface area contributed by atoms with Crippen LogP contribution in [0.25, 0.3) is 0 Å². The van der Waals surface area contributed by atoms with Gasteiger partial charge in [-0.25, -0.2) is 4.39 Å². The molecule has 8 heteroatoms. The van der Waals surface area contributed by atoms with E-state index in [1.54, 1.807) is 18.3 Å². The molecule has 0 saturated carbocycles. The van der Waals surface area contributed by atoms with Crippen LogP contribution in [-0.4, -0.2) is 32.0 Å². The number of nitrogens with zero attached hydrogens (tertiary/aromatic N) is 3. The zero-order chi connectivity index (χ0) is 26.6. The van der Waals surface area contributed by atoms with Crippen molar-refractivity contribution in [3.05, 3.63) is 119 Å². The van der Waals surface area contributed by atoms with Crippen molar-refractivity contribution < 1.29 is 9.18 Å². The van der Waals surface area contributed by atoms with Crippen molar-refractivity contribution in [2.45, 2.75) is 38.9 Å². The van der Waals surface area contributed by atoms with E-state index in [-0.39, 0.29) is 30.2 Å². The van der Waals surface area contributed by atoms with Gasteiger partial charge in [0, 0.05) is 42.8 Å². The highest BCUT2D eigenvalue weighted by Crippen LogP contribution is 2.41. The SMILES string of the molecule is Cc1cc([C@H]2[C@@H](c3ccccn3)NC(=S)N2CCC(=O)Nc2ccc(F)cc2)c(C)n1Cc1ccccc1. The van der Waals surface area contributed by atoms with Gasteiger partial charge in [0.1, 0.15) is 5.82 Å². The number of hydrogen-bond donors (Lipinski definition) is 2. The Kier molecular flexibility index (Phi) is 7.51. The van der Waals surface area contributed by atoms with Crippen molar-refractivity contribution in [2.24, 2.45) is 0 Å². The number of halogens is 1. The Morgan fingerprint density at radius 2 is 1.79 bits per heavy atom. The maximum atomic E-state index is 13.2. The summed E-state index contributed by atoms with van der Waals surface area (Å²) in [4.78, 5) is 19.5. The molecule has 6 nitrogen and oxygen atoms in total. The van der Waals surface area contributed by atoms with Crippen LogP contribution in [0.3, 0.4) is 0 Å². The van der Waals surface area contributed by atoms with E-state index in [1.807, 2.05) is 24.3 Å². The second-order valence-electron chi connectivity index (χ2n) is 9.52. The number of anilines is 1. The minimum absolute atomic E-state index is 0.133. The van der Waals surface area contributed by atoms with Gasteiger partial charge in [-0.2, -0.15) is 0 Å². The predicted octanol–water partition coefficient (Wildman–Crippen LogP) is 5.69. The maximum absolute atomic E-state index is 13.2. The molecule has 3 heterocycles. The molecular formula is C30H30FN5OS. The van der Waals surface area contributed by atoms with Crippen molar-refractivity contribution in [3.63, 3.8) is 0 Å². The number of carbonyl (C=O) groups is 1. The molecule has 0 aliphatic carbocycles. The molecular weight excluding hydrogens is 497 g/mol. The Balaban J connectivity index is 1.42. The number of pyridine rings is 1. The zero-order valence-corrected chi connectivity index (χ0v) is 22.2. The molecule has 2 N–H and O–H groups in total. The van der Waals surface area contributed by atoms with E-state index in [0.717, 1.165) is 29.2 Å². The summed E-state index contributed by atoms with van der Waals surface area (Å²) in [6, 6.07) is 24.0. The van der Waals surface area contributed by atoms with Gasteiger partial charge in [0.15, 0.2) is 5.11 Å². The molecule has 0 unspecified atom stereocenters. The van der Waals surface area contributed by atoms with Crippen molar-refractivity contribution in [3.8, 4) is 0 Å². The van der Waals surface area contributed by atoms with Gasteiger partial charge < -0.3 is 20.1 Å². The molecule has 1 aliphatic heterocycles. The lowest BCUT2D eigenvalue weighted by Crippen LogP contribution is -2.33. The number of carbonyl (C=O) groups excluding carboxylic acids is 1. The van der Waals surface area contributed by atoms with Crippen LogP contribution in [0.5, 0.6) is 0 Å². The van der Waals surface area contributed by atoms with Gasteiger partial charge in [0.25, 0.3) is 0 Å². The molecule has 1 amide bonds. The lowest BCUT2D eigenvalue weighted by atomic mass is 9.96. The monoisotopic (exact) mass is 527 g/mol. The summed E-state index contributed by atoms with van der Waals surface area (Å²) in [5.41, 5.74) is 6.16. The summed E-state index contributed by atoms with van der Waals surface area (Å²) in [6.07, 6.45) is 2.02. The first kappa shape index (κ1) is 25.6. The first-order chi connectivity index (χ1) is 18.4. The molecule has 2 atom stereocenters. The molecule has 0 bridgehead atoms. The molecule has 2 aromatic heterocycles. The first-order valence-corrected chi connectivity index (χ1v) is 13.1. The number of aryl methyl sites for hydroxylation is 1. The highest BCUT2D eigenvalue weighted by Gasteiger charge is 2.41. The van der Waals surface area contributed by atoms with Crippen LogP contribution in [0, 0.1) is 19.7 Å². The Hall–Kier alpha value is -4.04. The normalized spacial score (nSPS) is 16.9. The van der Waals surface area contributed by atoms with E-state index in [2.05, 4.69) is 69.3 Å². The number of thiocarbonyl (C=S) groups is 1. The second-order valence-corrected chi connectivity index (χ2v) is 9.91. The standard InChI is InChI=1S/C30H30FN5OS/c1-20-18-25(21(2)36(20)19-22-8-4-3-5-9-22)29-28(26-10-6-7-16-32-26)34-30(38)35(29)17-15-27(37)33-24-13-11-23(31)12-14-24/h3-14,16,18,28-29H,15,17,19H2,1-2H3,(H,33,37)(H,34,38)/t28-,29+/m1/s1. The van der Waals surface area contributed by atoms with Crippen molar-refractivity contribution in [1.29, 1.82) is 0 Å². The molecule has 0 spiro atoms. The van der Waals surface area contributed by atoms with E-state index in [1.165, 1.54) is 17.7 Å². The van der Waals surface area contributed by atoms with Gasteiger partial charge in [-0.3, -0.25) is 9.78 Å². The maximum Gasteiger partial charge on any atom is 0.226 e. The zero-order valence-electron chi connectivity index (χ0n) is 21.4. The van der Waals surface area contributed by atoms with Gasteiger partial charge >= 0.3 is 0 Å². The minimum atomic E-state index is -0.343. The highest BCUT2D eigenvalue weighted by molar-refractivity contribution is 7.80. The number of amides is 1. The predicted molar refractivity (Wildman–Crippen MR) is 151 cm³/mol. The summed E-state index contributed by atoms with van der Waals surface area (Å²) in [5.74, 6) is -0.501. The molecule has 1 aliphatic rings. The first-order valence-electron chi connectivity index (χ1n) is 12.6. The number of benzene rings is 2. The van der Waals surface area contributed by atoms with Crippen LogP contribution >= 0.6 is 12.2 Å². The largest absolute Gasteiger partial charge is 0.352 e. The fraction of sp³-hybridized carbons (Fsp3) is 0.233. The summed E-state index contributed by atoms with van der Waals surface area (Å²) in [6.45, 7) is 5.46. The highest BCUT2D eigenvalue weighted by atomic mass is 32.1. The van der Waals surface area contributed by atoms with Gasteiger partial charge in [-0.05, 0) is 79.7 Å². The molecule has 194 valence electrons. The Labute approximate surface area is 227 Å². The topological polar surface area (TPSA) is 62.2 Å². The molecule has 0 radical (unpaired) electrons. The molecule has 38 heavy (non-hydrogen) atoms. The molecule has 1 fully saturated rings. The number of nitrogens with one attached hydrogen (secondary N) is 2. The summed E-state index contributed by atoms with van der Waals surface area (Å²) in [5, 5.41) is 6.90. The quantitative estimate of drug-likeness (QED) is 0.288. The van der Waals surface area contributed by atoms with Gasteiger partial charge in [0.05, 0.1) is 17.8 Å². The molecule has 2 aromatic carbocycles. The Morgan fingerprint density at radius 3 is 2.50 bits per heavy atom. The van der Waals surface area contributed by atoms with Crippen LogP contribution in [0.1, 0.15) is 46.7 Å². The fourth-order valence-corrected chi connectivity index (χ4v) is 5.43. The lowest BCUT2D eigenvalue weighted by molar-refractivity contribution is -0.116. The van der Waals surface area contributed by atoms with Crippen LogP contribution in [-0.2, 0) is 11.3 Å². The van der Waals surface area contributed by atoms with Crippen molar-refractivity contribution in [2.75, 3.05) is 11.9 Å². The summed E-state index contributed by atoms with van der Waals surface area (Å²) < 4.78 is 15.6. The molecule has 1 saturated heterocycles. The Bertz CT molecular complexity index is 1420. The lowest BCUT2D eigenvalue weighted by Gasteiger charge is -2.28. The average molecular weight is 528 g/mol. The van der Waals surface area contributed by atoms with E-state index in [0.29, 0.717) is 17.3 Å². The number of hydrogen-bond acceptors (Lipinski definition) is 3. The van der Waals surface area contributed by atoms with E-state index in [9.17, 15) is 9.18 Å². The summed E-state index contributed by atoms with van der Waals surface area (Å²) >= 11 is 5.79. The summed E-state index contributed by atoms with van der Waals surface area (Å²) in [7, 11) is 0. The smallest absolute Gasteiger partial charge is 0.226 e. The number of rotatable bonds is 8. The Morgan fingerprint density at radius 1 is 1.05 bits per heavy atom. The van der Waals surface area contributed by atoms with E-state index < -0.39 is 0 Å². The third kappa shape index (κ3) is 5.45. The third-order valence-electron chi connectivity index (χ3n) is 7.02. The van der Waals surface area contributed by atoms with Crippen LogP contribution < -0.4 is 10.6 Å². The van der Waals surface area contributed by atoms with Crippen LogP contribution in [0.15, 0.2) is 85.1 Å². The van der Waals surface area contributed by atoms with Crippen LogP contribution in [0.4, 0.5) is 10.1 Å².